The number of likely N-dealkylation sites (tertiary alicyclic amines) is 1. The molecule has 134 valence electrons. The molecule has 0 saturated carbocycles. The second-order valence-electron chi connectivity index (χ2n) is 6.65. The first-order valence-electron chi connectivity index (χ1n) is 8.97. The minimum Gasteiger partial charge on any atom is -0.352 e. The van der Waals surface area contributed by atoms with Gasteiger partial charge in [0.2, 0.25) is 0 Å². The van der Waals surface area contributed by atoms with Crippen molar-refractivity contribution in [3.05, 3.63) is 48.0 Å². The number of amides is 1. The molecule has 5 nitrogen and oxygen atoms in total. The largest absolute Gasteiger partial charge is 0.352 e. The number of halogens is 1. The van der Waals surface area contributed by atoms with Gasteiger partial charge in [-0.2, -0.15) is 5.10 Å². The van der Waals surface area contributed by atoms with Crippen molar-refractivity contribution in [2.24, 2.45) is 5.92 Å². The molecule has 25 heavy (non-hydrogen) atoms. The zero-order valence-corrected chi connectivity index (χ0v) is 14.6. The minimum atomic E-state index is -0.293. The van der Waals surface area contributed by atoms with Crippen LogP contribution in [0.3, 0.4) is 0 Å². The van der Waals surface area contributed by atoms with Crippen LogP contribution in [0, 0.1) is 11.7 Å². The standard InChI is InChI=1S/C19H25FN4O/c1-2-9-23-10-7-15(8-11-23)12-21-19(25)16-13-22-24(14-16)18-5-3-17(20)4-6-18/h3-6,13-15H,2,7-12H2,1H3,(H,21,25). The Morgan fingerprint density at radius 3 is 2.68 bits per heavy atom. The van der Waals surface area contributed by atoms with Crippen LogP contribution in [-0.4, -0.2) is 46.8 Å². The second-order valence-corrected chi connectivity index (χ2v) is 6.65. The van der Waals surface area contributed by atoms with Gasteiger partial charge in [0.25, 0.3) is 5.91 Å². The van der Waals surface area contributed by atoms with Crippen molar-refractivity contribution in [3.63, 3.8) is 0 Å². The number of nitrogens with one attached hydrogen (secondary N) is 1. The van der Waals surface area contributed by atoms with Crippen LogP contribution in [0.2, 0.25) is 0 Å². The molecule has 0 radical (unpaired) electrons. The molecule has 0 unspecified atom stereocenters. The summed E-state index contributed by atoms with van der Waals surface area (Å²) in [4.78, 5) is 14.8. The molecule has 1 amide bonds. The molecule has 2 heterocycles. The molecule has 3 rings (SSSR count). The molecular formula is C19H25FN4O. The highest BCUT2D eigenvalue weighted by Gasteiger charge is 2.19. The van der Waals surface area contributed by atoms with Crippen LogP contribution in [0.15, 0.2) is 36.7 Å². The van der Waals surface area contributed by atoms with Crippen molar-refractivity contribution in [2.75, 3.05) is 26.2 Å². The number of hydrogen-bond donors (Lipinski definition) is 1. The van der Waals surface area contributed by atoms with E-state index in [0.29, 0.717) is 18.0 Å². The van der Waals surface area contributed by atoms with Gasteiger partial charge in [-0.05, 0) is 69.1 Å². The van der Waals surface area contributed by atoms with Gasteiger partial charge in [0.15, 0.2) is 0 Å². The van der Waals surface area contributed by atoms with Gasteiger partial charge >= 0.3 is 0 Å². The Labute approximate surface area is 147 Å². The third-order valence-corrected chi connectivity index (χ3v) is 4.73. The first-order valence-corrected chi connectivity index (χ1v) is 8.97. The molecule has 1 aromatic heterocycles. The van der Waals surface area contributed by atoms with E-state index < -0.39 is 0 Å². The van der Waals surface area contributed by atoms with Crippen LogP contribution in [0.25, 0.3) is 5.69 Å². The predicted octanol–water partition coefficient (Wildman–Crippen LogP) is 2.86. The van der Waals surface area contributed by atoms with E-state index >= 15 is 0 Å². The number of hydrogen-bond acceptors (Lipinski definition) is 3. The molecule has 0 spiro atoms. The quantitative estimate of drug-likeness (QED) is 0.877. The monoisotopic (exact) mass is 344 g/mol. The molecule has 0 atom stereocenters. The van der Waals surface area contributed by atoms with E-state index in [1.54, 1.807) is 29.2 Å². The smallest absolute Gasteiger partial charge is 0.254 e. The molecule has 2 aromatic rings. The first-order chi connectivity index (χ1) is 12.2. The lowest BCUT2D eigenvalue weighted by molar-refractivity contribution is 0.0936. The summed E-state index contributed by atoms with van der Waals surface area (Å²) in [6, 6.07) is 6.02. The number of piperidine rings is 1. The Hall–Kier alpha value is -2.21. The summed E-state index contributed by atoms with van der Waals surface area (Å²) in [6.45, 7) is 6.33. The lowest BCUT2D eigenvalue weighted by Gasteiger charge is -2.31. The SMILES string of the molecule is CCCN1CCC(CNC(=O)c2cnn(-c3ccc(F)cc3)c2)CC1. The van der Waals surface area contributed by atoms with Crippen LogP contribution in [0.1, 0.15) is 36.5 Å². The lowest BCUT2D eigenvalue weighted by atomic mass is 9.96. The fourth-order valence-electron chi connectivity index (χ4n) is 3.24. The molecule has 1 fully saturated rings. The highest BCUT2D eigenvalue weighted by atomic mass is 19.1. The van der Waals surface area contributed by atoms with Gasteiger partial charge in [0.05, 0.1) is 17.4 Å². The number of carbonyl (C=O) groups excluding carboxylic acids is 1. The fraction of sp³-hybridized carbons (Fsp3) is 0.474. The van der Waals surface area contributed by atoms with Crippen molar-refractivity contribution >= 4 is 5.91 Å². The Bertz CT molecular complexity index is 690. The molecule has 0 bridgehead atoms. The van der Waals surface area contributed by atoms with E-state index in [4.69, 9.17) is 0 Å². The Morgan fingerprint density at radius 2 is 2.00 bits per heavy atom. The van der Waals surface area contributed by atoms with E-state index in [-0.39, 0.29) is 11.7 Å². The summed E-state index contributed by atoms with van der Waals surface area (Å²) in [7, 11) is 0. The third-order valence-electron chi connectivity index (χ3n) is 4.73. The van der Waals surface area contributed by atoms with Crippen LogP contribution in [0.5, 0.6) is 0 Å². The minimum absolute atomic E-state index is 0.107. The molecule has 1 aliphatic rings. The summed E-state index contributed by atoms with van der Waals surface area (Å²) < 4.78 is 14.6. The number of carbonyl (C=O) groups is 1. The van der Waals surface area contributed by atoms with Gasteiger partial charge in [-0.3, -0.25) is 4.79 Å². The van der Waals surface area contributed by atoms with Gasteiger partial charge in [-0.15, -0.1) is 0 Å². The fourth-order valence-corrected chi connectivity index (χ4v) is 3.24. The summed E-state index contributed by atoms with van der Waals surface area (Å²) in [6.07, 6.45) is 6.68. The Morgan fingerprint density at radius 1 is 1.28 bits per heavy atom. The average molecular weight is 344 g/mol. The molecular weight excluding hydrogens is 319 g/mol. The maximum absolute atomic E-state index is 13.0. The van der Waals surface area contributed by atoms with E-state index in [1.807, 2.05) is 0 Å². The Kier molecular flexibility index (Phi) is 5.81. The predicted molar refractivity (Wildman–Crippen MR) is 95.3 cm³/mol. The van der Waals surface area contributed by atoms with Crippen LogP contribution < -0.4 is 5.32 Å². The van der Waals surface area contributed by atoms with Crippen LogP contribution >= 0.6 is 0 Å². The summed E-state index contributed by atoms with van der Waals surface area (Å²) >= 11 is 0. The molecule has 1 aromatic carbocycles. The lowest BCUT2D eigenvalue weighted by Crippen LogP contribution is -2.38. The van der Waals surface area contributed by atoms with Crippen molar-refractivity contribution in [1.82, 2.24) is 20.0 Å². The van der Waals surface area contributed by atoms with Crippen molar-refractivity contribution < 1.29 is 9.18 Å². The Balaban J connectivity index is 1.50. The molecule has 1 N–H and O–H groups in total. The first kappa shape index (κ1) is 17.6. The van der Waals surface area contributed by atoms with Crippen molar-refractivity contribution in [1.29, 1.82) is 0 Å². The highest BCUT2D eigenvalue weighted by Crippen LogP contribution is 2.16. The third kappa shape index (κ3) is 4.66. The van der Waals surface area contributed by atoms with Gasteiger partial charge in [0.1, 0.15) is 5.82 Å². The molecule has 0 aliphatic carbocycles. The van der Waals surface area contributed by atoms with Crippen LogP contribution in [0.4, 0.5) is 4.39 Å². The summed E-state index contributed by atoms with van der Waals surface area (Å²) in [5.41, 5.74) is 1.25. The maximum atomic E-state index is 13.0. The topological polar surface area (TPSA) is 50.2 Å². The number of aromatic nitrogens is 2. The van der Waals surface area contributed by atoms with Gasteiger partial charge < -0.3 is 10.2 Å². The van der Waals surface area contributed by atoms with E-state index in [9.17, 15) is 9.18 Å². The number of nitrogens with zero attached hydrogens (tertiary/aromatic N) is 3. The van der Waals surface area contributed by atoms with E-state index in [0.717, 1.165) is 31.6 Å². The zero-order valence-electron chi connectivity index (χ0n) is 14.6. The molecule has 1 saturated heterocycles. The second kappa shape index (κ2) is 8.25. The van der Waals surface area contributed by atoms with Crippen LogP contribution in [-0.2, 0) is 0 Å². The average Bonchev–Trinajstić information content (AvgIpc) is 3.12. The summed E-state index contributed by atoms with van der Waals surface area (Å²) in [5.74, 6) is 0.146. The maximum Gasteiger partial charge on any atom is 0.254 e. The van der Waals surface area contributed by atoms with Gasteiger partial charge in [-0.1, -0.05) is 6.92 Å². The van der Waals surface area contributed by atoms with Crippen molar-refractivity contribution in [2.45, 2.75) is 26.2 Å². The van der Waals surface area contributed by atoms with E-state index in [2.05, 4.69) is 22.2 Å². The number of benzene rings is 1. The highest BCUT2D eigenvalue weighted by molar-refractivity contribution is 5.93. The van der Waals surface area contributed by atoms with Gasteiger partial charge in [0, 0.05) is 12.7 Å². The normalized spacial score (nSPS) is 16.1. The van der Waals surface area contributed by atoms with Gasteiger partial charge in [-0.25, -0.2) is 9.07 Å². The molecule has 6 heteroatoms. The number of rotatable bonds is 6. The summed E-state index contributed by atoms with van der Waals surface area (Å²) in [5, 5.41) is 7.21. The zero-order chi connectivity index (χ0) is 17.6. The molecule has 1 aliphatic heterocycles. The van der Waals surface area contributed by atoms with E-state index in [1.165, 1.54) is 25.1 Å². The van der Waals surface area contributed by atoms with Crippen molar-refractivity contribution in [3.8, 4) is 5.69 Å².